The number of rotatable bonds is 8. The van der Waals surface area contributed by atoms with E-state index < -0.39 is 5.91 Å². The smallest absolute Gasteiger partial charge is 0.266 e. The van der Waals surface area contributed by atoms with E-state index in [1.807, 2.05) is 95.8 Å². The Morgan fingerprint density at radius 1 is 1.03 bits per heavy atom. The summed E-state index contributed by atoms with van der Waals surface area (Å²) in [4.78, 5) is 12.9. The molecule has 0 radical (unpaired) electrons. The van der Waals surface area contributed by atoms with Crippen LogP contribution in [0, 0.1) is 11.3 Å². The van der Waals surface area contributed by atoms with Gasteiger partial charge in [0.15, 0.2) is 0 Å². The molecule has 3 aromatic carbocycles. The summed E-state index contributed by atoms with van der Waals surface area (Å²) in [7, 11) is 1.62. The summed E-state index contributed by atoms with van der Waals surface area (Å²) < 4.78 is 7.09. The van der Waals surface area contributed by atoms with Crippen molar-refractivity contribution < 1.29 is 9.53 Å². The first kappa shape index (κ1) is 23.5. The lowest BCUT2D eigenvalue weighted by molar-refractivity contribution is -0.112. The van der Waals surface area contributed by atoms with Crippen molar-refractivity contribution in [2.24, 2.45) is 0 Å². The number of benzene rings is 3. The summed E-state index contributed by atoms with van der Waals surface area (Å²) in [6, 6.07) is 27.2. The molecule has 0 bridgehead atoms. The first-order valence-corrected chi connectivity index (χ1v) is 11.4. The van der Waals surface area contributed by atoms with Gasteiger partial charge in [-0.1, -0.05) is 49.4 Å². The maximum absolute atomic E-state index is 12.9. The van der Waals surface area contributed by atoms with Gasteiger partial charge in [0.05, 0.1) is 19.3 Å². The third kappa shape index (κ3) is 5.84. The van der Waals surface area contributed by atoms with Gasteiger partial charge in [-0.25, -0.2) is 0 Å². The molecule has 0 aliphatic rings. The zero-order chi connectivity index (χ0) is 24.6. The Labute approximate surface area is 205 Å². The molecule has 0 atom stereocenters. The van der Waals surface area contributed by atoms with Gasteiger partial charge in [-0.3, -0.25) is 9.48 Å². The van der Waals surface area contributed by atoms with Crippen molar-refractivity contribution in [2.45, 2.75) is 19.9 Å². The summed E-state index contributed by atoms with van der Waals surface area (Å²) in [5, 5.41) is 17.3. The molecule has 174 valence electrons. The van der Waals surface area contributed by atoms with E-state index in [0.29, 0.717) is 23.5 Å². The van der Waals surface area contributed by atoms with Crippen LogP contribution in [0.2, 0.25) is 0 Å². The zero-order valence-corrected chi connectivity index (χ0v) is 19.7. The molecule has 0 aliphatic carbocycles. The number of ether oxygens (including phenoxy) is 1. The molecule has 0 saturated carbocycles. The maximum Gasteiger partial charge on any atom is 0.266 e. The molecule has 4 rings (SSSR count). The van der Waals surface area contributed by atoms with E-state index in [4.69, 9.17) is 9.84 Å². The number of nitrogens with zero attached hydrogens (tertiary/aromatic N) is 3. The summed E-state index contributed by atoms with van der Waals surface area (Å²) in [5.41, 5.74) is 5.13. The minimum atomic E-state index is -0.465. The second-order valence-corrected chi connectivity index (χ2v) is 8.02. The van der Waals surface area contributed by atoms with Gasteiger partial charge in [0, 0.05) is 23.0 Å². The standard InChI is InChI=1S/C29H26N4O2/c1-3-21-9-13-26(14-10-21)31-29(34)24(18-30)17-25-20-33(19-22-7-5-4-6-8-22)32-28(25)23-11-15-27(35-2)16-12-23/h4-17,20H,3,19H2,1-2H3,(H,31,34)/b24-17+. The Morgan fingerprint density at radius 3 is 2.37 bits per heavy atom. The number of carbonyl (C=O) groups excluding carboxylic acids is 1. The van der Waals surface area contributed by atoms with E-state index in [1.165, 1.54) is 5.56 Å². The molecule has 0 spiro atoms. The highest BCUT2D eigenvalue weighted by Crippen LogP contribution is 2.27. The van der Waals surface area contributed by atoms with Gasteiger partial charge in [0.1, 0.15) is 17.4 Å². The van der Waals surface area contributed by atoms with Crippen molar-refractivity contribution in [3.05, 3.63) is 107 Å². The van der Waals surface area contributed by atoms with E-state index >= 15 is 0 Å². The minimum absolute atomic E-state index is 0.00130. The second kappa shape index (κ2) is 11.0. The van der Waals surface area contributed by atoms with Crippen LogP contribution in [0.4, 0.5) is 5.69 Å². The van der Waals surface area contributed by atoms with E-state index in [-0.39, 0.29) is 5.57 Å². The van der Waals surface area contributed by atoms with Gasteiger partial charge in [0.25, 0.3) is 5.91 Å². The van der Waals surface area contributed by atoms with Crippen LogP contribution < -0.4 is 10.1 Å². The topological polar surface area (TPSA) is 79.9 Å². The van der Waals surface area contributed by atoms with Crippen LogP contribution in [0.25, 0.3) is 17.3 Å². The number of aromatic nitrogens is 2. The monoisotopic (exact) mass is 462 g/mol. The lowest BCUT2D eigenvalue weighted by Crippen LogP contribution is -2.13. The SMILES string of the molecule is CCc1ccc(NC(=O)/C(C#N)=C/c2cn(Cc3ccccc3)nc2-c2ccc(OC)cc2)cc1. The van der Waals surface area contributed by atoms with Gasteiger partial charge in [-0.2, -0.15) is 10.4 Å². The zero-order valence-electron chi connectivity index (χ0n) is 19.7. The van der Waals surface area contributed by atoms with Gasteiger partial charge in [-0.15, -0.1) is 0 Å². The molecule has 1 amide bonds. The van der Waals surface area contributed by atoms with Crippen molar-refractivity contribution in [1.82, 2.24) is 9.78 Å². The highest BCUT2D eigenvalue weighted by molar-refractivity contribution is 6.10. The first-order chi connectivity index (χ1) is 17.1. The summed E-state index contributed by atoms with van der Waals surface area (Å²) in [5.74, 6) is 0.272. The van der Waals surface area contributed by atoms with Crippen LogP contribution in [0.1, 0.15) is 23.6 Å². The summed E-state index contributed by atoms with van der Waals surface area (Å²) >= 11 is 0. The molecule has 4 aromatic rings. The average Bonchev–Trinajstić information content (AvgIpc) is 3.30. The molecular formula is C29H26N4O2. The van der Waals surface area contributed by atoms with Crippen LogP contribution in [0.5, 0.6) is 5.75 Å². The van der Waals surface area contributed by atoms with Gasteiger partial charge in [-0.05, 0) is 60.0 Å². The molecule has 0 fully saturated rings. The largest absolute Gasteiger partial charge is 0.497 e. The highest BCUT2D eigenvalue weighted by Gasteiger charge is 2.15. The predicted molar refractivity (Wildman–Crippen MR) is 138 cm³/mol. The van der Waals surface area contributed by atoms with E-state index in [1.54, 1.807) is 13.2 Å². The van der Waals surface area contributed by atoms with Gasteiger partial charge >= 0.3 is 0 Å². The highest BCUT2D eigenvalue weighted by atomic mass is 16.5. The molecule has 1 aromatic heterocycles. The lowest BCUT2D eigenvalue weighted by Gasteiger charge is -2.06. The third-order valence-corrected chi connectivity index (χ3v) is 5.63. The Hall–Kier alpha value is -4.63. The van der Waals surface area contributed by atoms with Crippen molar-refractivity contribution in [2.75, 3.05) is 12.4 Å². The number of hydrogen-bond acceptors (Lipinski definition) is 4. The van der Waals surface area contributed by atoms with Crippen LogP contribution in [-0.4, -0.2) is 22.8 Å². The normalized spacial score (nSPS) is 11.1. The molecule has 0 saturated heterocycles. The average molecular weight is 463 g/mol. The van der Waals surface area contributed by atoms with Crippen molar-refractivity contribution >= 4 is 17.7 Å². The number of amides is 1. The predicted octanol–water partition coefficient (Wildman–Crippen LogP) is 5.72. The second-order valence-electron chi connectivity index (χ2n) is 8.02. The van der Waals surface area contributed by atoms with E-state index in [0.717, 1.165) is 23.3 Å². The molecule has 0 aliphatic heterocycles. The lowest BCUT2D eigenvalue weighted by atomic mass is 10.1. The molecule has 6 heteroatoms. The van der Waals surface area contributed by atoms with Crippen molar-refractivity contribution in [3.8, 4) is 23.1 Å². The number of nitrogens with one attached hydrogen (secondary N) is 1. The van der Waals surface area contributed by atoms with Crippen LogP contribution in [0.3, 0.4) is 0 Å². The number of methoxy groups -OCH3 is 1. The van der Waals surface area contributed by atoms with Crippen molar-refractivity contribution in [3.63, 3.8) is 0 Å². The number of nitriles is 1. The van der Waals surface area contributed by atoms with Gasteiger partial charge < -0.3 is 10.1 Å². The molecule has 35 heavy (non-hydrogen) atoms. The van der Waals surface area contributed by atoms with Crippen LogP contribution in [-0.2, 0) is 17.8 Å². The fourth-order valence-electron chi connectivity index (χ4n) is 3.69. The van der Waals surface area contributed by atoms with E-state index in [2.05, 4.69) is 12.2 Å². The number of carbonyl (C=O) groups is 1. The first-order valence-electron chi connectivity index (χ1n) is 11.4. The molecular weight excluding hydrogens is 436 g/mol. The van der Waals surface area contributed by atoms with Crippen LogP contribution in [0.15, 0.2) is 90.6 Å². The Kier molecular flexibility index (Phi) is 7.39. The maximum atomic E-state index is 12.9. The van der Waals surface area contributed by atoms with E-state index in [9.17, 15) is 10.1 Å². The molecule has 1 heterocycles. The fraction of sp³-hybridized carbons (Fsp3) is 0.138. The van der Waals surface area contributed by atoms with Crippen molar-refractivity contribution in [1.29, 1.82) is 5.26 Å². The summed E-state index contributed by atoms with van der Waals surface area (Å²) in [6.07, 6.45) is 4.36. The minimum Gasteiger partial charge on any atom is -0.497 e. The van der Waals surface area contributed by atoms with Crippen LogP contribution >= 0.6 is 0 Å². The Bertz CT molecular complexity index is 1360. The third-order valence-electron chi connectivity index (χ3n) is 5.63. The molecule has 6 nitrogen and oxygen atoms in total. The number of anilines is 1. The molecule has 0 unspecified atom stereocenters. The summed E-state index contributed by atoms with van der Waals surface area (Å²) in [6.45, 7) is 2.64. The molecule has 1 N–H and O–H groups in total. The Morgan fingerprint density at radius 2 is 1.74 bits per heavy atom. The fourth-order valence-corrected chi connectivity index (χ4v) is 3.69. The quantitative estimate of drug-likeness (QED) is 0.268. The van der Waals surface area contributed by atoms with Gasteiger partial charge in [0.2, 0.25) is 0 Å². The Balaban J connectivity index is 1.67. The number of hydrogen-bond donors (Lipinski definition) is 1. The number of aryl methyl sites for hydroxylation is 1.